The molecule has 1 aliphatic carbocycles. The lowest BCUT2D eigenvalue weighted by molar-refractivity contribution is 0.286. The molecule has 6 nitrogen and oxygen atoms in total. The average molecular weight is 465 g/mol. The van der Waals surface area contributed by atoms with Crippen LogP contribution in [0.2, 0.25) is 0 Å². The summed E-state index contributed by atoms with van der Waals surface area (Å²) in [5.41, 5.74) is 2.74. The van der Waals surface area contributed by atoms with Crippen LogP contribution in [0.5, 0.6) is 0 Å². The van der Waals surface area contributed by atoms with Crippen molar-refractivity contribution < 1.29 is 12.8 Å². The molecule has 2 N–H and O–H groups in total. The maximum Gasteiger partial charge on any atom is 0.152 e. The lowest BCUT2D eigenvalue weighted by atomic mass is 10.2. The molecular formula is C22H29FN4O2S2. The quantitative estimate of drug-likeness (QED) is 0.683. The Kier molecular flexibility index (Phi) is 6.00. The number of aromatic nitrogens is 1. The number of nitrogens with one attached hydrogen (secondary N) is 2. The molecule has 31 heavy (non-hydrogen) atoms. The number of nitrogens with zero attached hydrogens (tertiary/aromatic N) is 2. The van der Waals surface area contributed by atoms with Crippen LogP contribution in [0.4, 0.5) is 10.1 Å². The second-order valence-corrected chi connectivity index (χ2v) is 12.2. The van der Waals surface area contributed by atoms with Gasteiger partial charge in [0, 0.05) is 36.8 Å². The molecule has 2 aliphatic heterocycles. The normalized spacial score (nSPS) is 24.7. The van der Waals surface area contributed by atoms with Crippen LogP contribution in [-0.2, 0) is 9.84 Å². The van der Waals surface area contributed by atoms with Crippen LogP contribution in [0.3, 0.4) is 0 Å². The number of sulfone groups is 1. The van der Waals surface area contributed by atoms with Crippen molar-refractivity contribution in [3.8, 4) is 0 Å². The van der Waals surface area contributed by atoms with Crippen molar-refractivity contribution in [3.05, 3.63) is 29.7 Å². The van der Waals surface area contributed by atoms with Gasteiger partial charge in [0.05, 0.1) is 34.4 Å². The minimum atomic E-state index is -2.83. The van der Waals surface area contributed by atoms with Crippen LogP contribution in [-0.4, -0.2) is 72.3 Å². The molecule has 1 atom stereocenters. The van der Waals surface area contributed by atoms with Crippen molar-refractivity contribution in [2.45, 2.75) is 44.2 Å². The fourth-order valence-corrected chi connectivity index (χ4v) is 7.10. The molecular weight excluding hydrogens is 435 g/mol. The molecule has 2 fully saturated rings. The molecule has 2 aromatic rings. The molecule has 0 bridgehead atoms. The Morgan fingerprint density at radius 2 is 1.97 bits per heavy atom. The maximum atomic E-state index is 14.2. The third kappa shape index (κ3) is 4.93. The van der Waals surface area contributed by atoms with Crippen molar-refractivity contribution in [1.82, 2.24) is 9.88 Å². The van der Waals surface area contributed by atoms with Gasteiger partial charge in [-0.2, -0.15) is 0 Å². The average Bonchev–Trinajstić information content (AvgIpc) is 3.47. The minimum Gasteiger partial charge on any atom is -0.381 e. The molecule has 0 unspecified atom stereocenters. The van der Waals surface area contributed by atoms with Gasteiger partial charge in [-0.25, -0.2) is 12.8 Å². The number of fused-ring (bicyclic) bond motifs is 1. The standard InChI is InChI=1S/C22H29FN4O2S2/c23-16-11-15-12-20(26-21(15)19(13-16)24-17-3-1-2-4-17)22-25-18(14-30-22)5-6-27-7-9-31(28,29)10-8-27/h11-13,17-18,24,26H,1-10,14H2/t18-/m1/s1. The second-order valence-electron chi connectivity index (χ2n) is 8.91. The Hall–Kier alpha value is -1.58. The molecule has 168 valence electrons. The first-order chi connectivity index (χ1) is 14.9. The number of rotatable bonds is 6. The van der Waals surface area contributed by atoms with E-state index in [1.807, 2.05) is 6.07 Å². The third-order valence-electron chi connectivity index (χ3n) is 6.57. The molecule has 9 heteroatoms. The predicted molar refractivity (Wildman–Crippen MR) is 127 cm³/mol. The van der Waals surface area contributed by atoms with E-state index >= 15 is 0 Å². The maximum absolute atomic E-state index is 14.2. The number of anilines is 1. The van der Waals surface area contributed by atoms with Gasteiger partial charge in [0.1, 0.15) is 10.9 Å². The minimum absolute atomic E-state index is 0.221. The summed E-state index contributed by atoms with van der Waals surface area (Å²) in [6.07, 6.45) is 5.67. The van der Waals surface area contributed by atoms with E-state index in [1.165, 1.54) is 12.8 Å². The van der Waals surface area contributed by atoms with Gasteiger partial charge >= 0.3 is 0 Å². The van der Waals surface area contributed by atoms with Crippen molar-refractivity contribution in [3.63, 3.8) is 0 Å². The van der Waals surface area contributed by atoms with E-state index in [1.54, 1.807) is 23.9 Å². The Labute approximate surface area is 187 Å². The Morgan fingerprint density at radius 1 is 1.19 bits per heavy atom. The van der Waals surface area contributed by atoms with Gasteiger partial charge in [-0.05, 0) is 37.5 Å². The van der Waals surface area contributed by atoms with E-state index in [0.717, 1.165) is 58.9 Å². The predicted octanol–water partition coefficient (Wildman–Crippen LogP) is 3.64. The number of halogens is 1. The lowest BCUT2D eigenvalue weighted by Gasteiger charge is -2.26. The van der Waals surface area contributed by atoms with Crippen molar-refractivity contribution in [2.75, 3.05) is 42.2 Å². The third-order valence-corrected chi connectivity index (χ3v) is 9.33. The summed E-state index contributed by atoms with van der Waals surface area (Å²) in [7, 11) is -2.83. The van der Waals surface area contributed by atoms with Gasteiger partial charge in [-0.15, -0.1) is 11.8 Å². The van der Waals surface area contributed by atoms with Crippen LogP contribution in [0.25, 0.3) is 10.9 Å². The molecule has 1 saturated heterocycles. The van der Waals surface area contributed by atoms with Gasteiger partial charge < -0.3 is 15.2 Å². The number of thioether (sulfide) groups is 1. The summed E-state index contributed by atoms with van der Waals surface area (Å²) in [5.74, 6) is 1.24. The summed E-state index contributed by atoms with van der Waals surface area (Å²) in [6, 6.07) is 5.83. The van der Waals surface area contributed by atoms with Gasteiger partial charge in [-0.1, -0.05) is 12.8 Å². The number of hydrogen-bond acceptors (Lipinski definition) is 6. The number of hydrogen-bond donors (Lipinski definition) is 2. The zero-order valence-electron chi connectivity index (χ0n) is 17.6. The van der Waals surface area contributed by atoms with E-state index < -0.39 is 9.84 Å². The summed E-state index contributed by atoms with van der Waals surface area (Å²) in [5, 5.41) is 5.39. The van der Waals surface area contributed by atoms with Crippen LogP contribution in [0.15, 0.2) is 23.2 Å². The first kappa shape index (κ1) is 21.3. The fraction of sp³-hybridized carbons (Fsp3) is 0.591. The van der Waals surface area contributed by atoms with Crippen molar-refractivity contribution in [2.24, 2.45) is 4.99 Å². The molecule has 3 aliphatic rings. The highest BCUT2D eigenvalue weighted by molar-refractivity contribution is 8.14. The lowest BCUT2D eigenvalue weighted by Crippen LogP contribution is -2.41. The first-order valence-corrected chi connectivity index (χ1v) is 14.0. The number of aromatic amines is 1. The van der Waals surface area contributed by atoms with Crippen LogP contribution in [0, 0.1) is 5.82 Å². The zero-order chi connectivity index (χ0) is 21.4. The molecule has 0 radical (unpaired) electrons. The van der Waals surface area contributed by atoms with E-state index in [0.29, 0.717) is 19.1 Å². The first-order valence-electron chi connectivity index (χ1n) is 11.2. The van der Waals surface area contributed by atoms with E-state index in [-0.39, 0.29) is 23.4 Å². The Balaban J connectivity index is 1.27. The molecule has 1 aromatic carbocycles. The van der Waals surface area contributed by atoms with Crippen LogP contribution in [0.1, 0.15) is 37.8 Å². The van der Waals surface area contributed by atoms with Gasteiger partial charge in [0.25, 0.3) is 0 Å². The largest absolute Gasteiger partial charge is 0.381 e. The van der Waals surface area contributed by atoms with Gasteiger partial charge in [0.15, 0.2) is 9.84 Å². The monoisotopic (exact) mass is 464 g/mol. The summed E-state index contributed by atoms with van der Waals surface area (Å²) in [6.45, 7) is 2.14. The molecule has 0 amide bonds. The molecule has 3 heterocycles. The highest BCUT2D eigenvalue weighted by Crippen LogP contribution is 2.32. The van der Waals surface area contributed by atoms with Crippen molar-refractivity contribution in [1.29, 1.82) is 0 Å². The molecule has 1 saturated carbocycles. The van der Waals surface area contributed by atoms with E-state index in [2.05, 4.69) is 15.2 Å². The van der Waals surface area contributed by atoms with Gasteiger partial charge in [0.2, 0.25) is 0 Å². The SMILES string of the molecule is O=S1(=O)CCN(CC[C@@H]2CSC(c3cc4cc(F)cc(NC5CCCC5)c4[nH]3)=N2)CC1. The van der Waals surface area contributed by atoms with Crippen LogP contribution < -0.4 is 5.32 Å². The summed E-state index contributed by atoms with van der Waals surface area (Å²) >= 11 is 1.74. The van der Waals surface area contributed by atoms with E-state index in [9.17, 15) is 12.8 Å². The fourth-order valence-electron chi connectivity index (χ4n) is 4.74. The number of benzene rings is 1. The molecule has 0 spiro atoms. The van der Waals surface area contributed by atoms with Crippen molar-refractivity contribution >= 4 is 43.2 Å². The highest BCUT2D eigenvalue weighted by atomic mass is 32.2. The molecule has 1 aromatic heterocycles. The Morgan fingerprint density at radius 3 is 2.74 bits per heavy atom. The number of H-pyrrole nitrogens is 1. The van der Waals surface area contributed by atoms with Gasteiger partial charge in [-0.3, -0.25) is 4.99 Å². The summed E-state index contributed by atoms with van der Waals surface area (Å²) < 4.78 is 37.4. The Bertz CT molecular complexity index is 1080. The van der Waals surface area contributed by atoms with E-state index in [4.69, 9.17) is 4.99 Å². The second kappa shape index (κ2) is 8.75. The molecule has 5 rings (SSSR count). The number of aliphatic imine (C=N–C) groups is 1. The summed E-state index contributed by atoms with van der Waals surface area (Å²) in [4.78, 5) is 10.6. The zero-order valence-corrected chi connectivity index (χ0v) is 19.2. The smallest absolute Gasteiger partial charge is 0.152 e. The van der Waals surface area contributed by atoms with Crippen LogP contribution >= 0.6 is 11.8 Å². The topological polar surface area (TPSA) is 77.6 Å². The highest BCUT2D eigenvalue weighted by Gasteiger charge is 2.25.